The van der Waals surface area contributed by atoms with Crippen molar-refractivity contribution in [1.82, 2.24) is 10.2 Å². The SMILES string of the molecule is CCc1[nH]nc2c1[C@H](c1ccc(OC(F)(F)F)cc1)C(C#N)=C(N)O2. The molecule has 1 aliphatic heterocycles. The maximum Gasteiger partial charge on any atom is 0.573 e. The van der Waals surface area contributed by atoms with Gasteiger partial charge in [0.25, 0.3) is 0 Å². The number of alkyl halides is 3. The van der Waals surface area contributed by atoms with E-state index in [4.69, 9.17) is 10.5 Å². The largest absolute Gasteiger partial charge is 0.573 e. The van der Waals surface area contributed by atoms with Gasteiger partial charge in [-0.3, -0.25) is 5.10 Å². The molecule has 0 spiro atoms. The molecule has 1 aromatic carbocycles. The molecule has 2 aromatic rings. The zero-order valence-corrected chi connectivity index (χ0v) is 13.0. The number of halogens is 3. The molecule has 0 fully saturated rings. The third kappa shape index (κ3) is 3.10. The van der Waals surface area contributed by atoms with Crippen LogP contribution in [0.4, 0.5) is 13.2 Å². The first kappa shape index (κ1) is 16.7. The van der Waals surface area contributed by atoms with Crippen LogP contribution in [0.3, 0.4) is 0 Å². The van der Waals surface area contributed by atoms with Gasteiger partial charge >= 0.3 is 6.36 Å². The van der Waals surface area contributed by atoms with Gasteiger partial charge in [0, 0.05) is 11.3 Å². The summed E-state index contributed by atoms with van der Waals surface area (Å²) >= 11 is 0. The summed E-state index contributed by atoms with van der Waals surface area (Å²) in [4.78, 5) is 0. The van der Waals surface area contributed by atoms with Crippen LogP contribution in [0.2, 0.25) is 0 Å². The highest BCUT2D eigenvalue weighted by Gasteiger charge is 2.35. The summed E-state index contributed by atoms with van der Waals surface area (Å²) in [7, 11) is 0. The number of nitriles is 1. The molecule has 3 rings (SSSR count). The highest BCUT2D eigenvalue weighted by molar-refractivity contribution is 5.55. The van der Waals surface area contributed by atoms with Crippen LogP contribution in [0.25, 0.3) is 0 Å². The molecule has 1 aliphatic rings. The van der Waals surface area contributed by atoms with Crippen molar-refractivity contribution in [2.75, 3.05) is 0 Å². The molecule has 6 nitrogen and oxygen atoms in total. The Labute approximate surface area is 140 Å². The normalized spacial score (nSPS) is 16.8. The van der Waals surface area contributed by atoms with E-state index in [1.54, 1.807) is 0 Å². The molecule has 0 saturated heterocycles. The third-order valence-electron chi connectivity index (χ3n) is 3.82. The summed E-state index contributed by atoms with van der Waals surface area (Å²) < 4.78 is 46.2. The van der Waals surface area contributed by atoms with Crippen molar-refractivity contribution in [1.29, 1.82) is 5.26 Å². The number of benzene rings is 1. The average molecular weight is 350 g/mol. The maximum atomic E-state index is 12.3. The van der Waals surface area contributed by atoms with Crippen molar-refractivity contribution in [3.05, 3.63) is 52.5 Å². The second-order valence-corrected chi connectivity index (χ2v) is 5.32. The summed E-state index contributed by atoms with van der Waals surface area (Å²) in [6.45, 7) is 1.90. The number of nitrogens with two attached hydrogens (primary N) is 1. The minimum absolute atomic E-state index is 0.0789. The monoisotopic (exact) mass is 350 g/mol. The molecule has 1 atom stereocenters. The highest BCUT2D eigenvalue weighted by Crippen LogP contribution is 2.43. The van der Waals surface area contributed by atoms with E-state index >= 15 is 0 Å². The van der Waals surface area contributed by atoms with Gasteiger partial charge in [0.15, 0.2) is 0 Å². The van der Waals surface area contributed by atoms with Crippen molar-refractivity contribution in [2.24, 2.45) is 5.73 Å². The molecule has 25 heavy (non-hydrogen) atoms. The second-order valence-electron chi connectivity index (χ2n) is 5.32. The minimum Gasteiger partial charge on any atom is -0.420 e. The smallest absolute Gasteiger partial charge is 0.420 e. The number of rotatable bonds is 3. The standard InChI is InChI=1S/C16H13F3N4O2/c1-2-11-13-12(10(7-20)14(21)24-15(13)23-22-11)8-3-5-9(6-4-8)25-16(17,18)19/h3-6,12H,2,21H2,1H3,(H,22,23)/t12-/m1/s1. The number of H-pyrrole nitrogens is 1. The lowest BCUT2D eigenvalue weighted by Crippen LogP contribution is -2.21. The van der Waals surface area contributed by atoms with Gasteiger partial charge in [-0.05, 0) is 24.1 Å². The molecule has 130 valence electrons. The Kier molecular flexibility index (Phi) is 4.04. The molecule has 0 aliphatic carbocycles. The average Bonchev–Trinajstić information content (AvgIpc) is 2.95. The molecule has 1 aromatic heterocycles. The van der Waals surface area contributed by atoms with Gasteiger partial charge in [-0.15, -0.1) is 18.3 Å². The van der Waals surface area contributed by atoms with E-state index in [9.17, 15) is 18.4 Å². The molecule has 3 N–H and O–H groups in total. The number of fused-ring (bicyclic) bond motifs is 1. The summed E-state index contributed by atoms with van der Waals surface area (Å²) in [5.74, 6) is -0.747. The number of hydrogen-bond donors (Lipinski definition) is 2. The zero-order chi connectivity index (χ0) is 18.2. The zero-order valence-electron chi connectivity index (χ0n) is 13.0. The van der Waals surface area contributed by atoms with Crippen molar-refractivity contribution in [2.45, 2.75) is 25.6 Å². The number of nitrogens with zero attached hydrogens (tertiary/aromatic N) is 2. The number of aromatic nitrogens is 2. The van der Waals surface area contributed by atoms with Crippen molar-refractivity contribution >= 4 is 0 Å². The van der Waals surface area contributed by atoms with Crippen LogP contribution in [0.5, 0.6) is 11.6 Å². The Balaban J connectivity index is 2.05. The van der Waals surface area contributed by atoms with Crippen molar-refractivity contribution in [3.8, 4) is 17.7 Å². The van der Waals surface area contributed by atoms with Crippen LogP contribution in [0.1, 0.15) is 29.7 Å². The fourth-order valence-electron chi connectivity index (χ4n) is 2.77. The van der Waals surface area contributed by atoms with Gasteiger partial charge < -0.3 is 15.2 Å². The van der Waals surface area contributed by atoms with E-state index < -0.39 is 12.3 Å². The number of aryl methyl sites for hydroxylation is 1. The van der Waals surface area contributed by atoms with E-state index in [-0.39, 0.29) is 23.1 Å². The number of ether oxygens (including phenoxy) is 2. The summed E-state index contributed by atoms with van der Waals surface area (Å²) in [5.41, 5.74) is 7.97. The molecular weight excluding hydrogens is 337 g/mol. The van der Waals surface area contributed by atoms with E-state index in [0.29, 0.717) is 17.5 Å². The summed E-state index contributed by atoms with van der Waals surface area (Å²) in [6.07, 6.45) is -4.16. The fraction of sp³-hybridized carbons (Fsp3) is 0.250. The van der Waals surface area contributed by atoms with Crippen molar-refractivity contribution in [3.63, 3.8) is 0 Å². The summed E-state index contributed by atoms with van der Waals surface area (Å²) in [5, 5.41) is 16.3. The molecule has 9 heteroatoms. The highest BCUT2D eigenvalue weighted by atomic mass is 19.4. The molecule has 0 bridgehead atoms. The van der Waals surface area contributed by atoms with Gasteiger partial charge in [-0.25, -0.2) is 0 Å². The first-order chi connectivity index (χ1) is 11.8. The lowest BCUT2D eigenvalue weighted by molar-refractivity contribution is -0.274. The first-order valence-corrected chi connectivity index (χ1v) is 7.34. The Morgan fingerprint density at radius 3 is 2.60 bits per heavy atom. The van der Waals surface area contributed by atoms with E-state index in [2.05, 4.69) is 14.9 Å². The van der Waals surface area contributed by atoms with Crippen LogP contribution in [-0.4, -0.2) is 16.6 Å². The molecule has 0 amide bonds. The molecule has 2 heterocycles. The Bertz CT molecular complexity index is 863. The van der Waals surface area contributed by atoms with Crippen LogP contribution < -0.4 is 15.2 Å². The number of allylic oxidation sites excluding steroid dienone is 1. The van der Waals surface area contributed by atoms with Crippen LogP contribution in [0.15, 0.2) is 35.7 Å². The van der Waals surface area contributed by atoms with Gasteiger partial charge in [-0.1, -0.05) is 19.1 Å². The summed E-state index contributed by atoms with van der Waals surface area (Å²) in [6, 6.07) is 7.30. The van der Waals surface area contributed by atoms with E-state index in [1.165, 1.54) is 24.3 Å². The maximum absolute atomic E-state index is 12.3. The lowest BCUT2D eigenvalue weighted by Gasteiger charge is -2.24. The van der Waals surface area contributed by atoms with E-state index in [1.807, 2.05) is 13.0 Å². The first-order valence-electron chi connectivity index (χ1n) is 7.34. The number of nitrogens with one attached hydrogen (secondary N) is 1. The number of aromatic amines is 1. The molecular formula is C16H13F3N4O2. The van der Waals surface area contributed by atoms with Crippen LogP contribution >= 0.6 is 0 Å². The predicted molar refractivity (Wildman–Crippen MR) is 80.4 cm³/mol. The van der Waals surface area contributed by atoms with Crippen LogP contribution in [0, 0.1) is 11.3 Å². The quantitative estimate of drug-likeness (QED) is 0.887. The lowest BCUT2D eigenvalue weighted by atomic mass is 9.83. The van der Waals surface area contributed by atoms with E-state index in [0.717, 1.165) is 5.69 Å². The second kappa shape index (κ2) is 6.05. The topological polar surface area (TPSA) is 97.0 Å². The van der Waals surface area contributed by atoms with Gasteiger partial charge in [0.2, 0.25) is 11.8 Å². The predicted octanol–water partition coefficient (Wildman–Crippen LogP) is 3.09. The number of hydrogen-bond acceptors (Lipinski definition) is 5. The van der Waals surface area contributed by atoms with Gasteiger partial charge in [-0.2, -0.15) is 5.26 Å². The molecule has 0 radical (unpaired) electrons. The Hall–Kier alpha value is -3.15. The van der Waals surface area contributed by atoms with Crippen molar-refractivity contribution < 1.29 is 22.6 Å². The third-order valence-corrected chi connectivity index (χ3v) is 3.82. The fourth-order valence-corrected chi connectivity index (χ4v) is 2.77. The Morgan fingerprint density at radius 1 is 1.36 bits per heavy atom. The molecule has 0 unspecified atom stereocenters. The van der Waals surface area contributed by atoms with Crippen LogP contribution in [-0.2, 0) is 6.42 Å². The minimum atomic E-state index is -4.77. The Morgan fingerprint density at radius 2 is 2.04 bits per heavy atom. The molecule has 0 saturated carbocycles. The van der Waals surface area contributed by atoms with Gasteiger partial charge in [0.1, 0.15) is 17.4 Å². The van der Waals surface area contributed by atoms with Gasteiger partial charge in [0.05, 0.1) is 5.92 Å².